The van der Waals surface area contributed by atoms with E-state index in [1.165, 1.54) is 4.57 Å². The number of nitrogens with one attached hydrogen (secondary N) is 1. The first-order valence-corrected chi connectivity index (χ1v) is 7.09. The van der Waals surface area contributed by atoms with Gasteiger partial charge in [-0.3, -0.25) is 13.9 Å². The van der Waals surface area contributed by atoms with E-state index in [-0.39, 0.29) is 18.1 Å². The number of aryl methyl sites for hydroxylation is 1. The van der Waals surface area contributed by atoms with Gasteiger partial charge in [-0.25, -0.2) is 9.78 Å². The Bertz CT molecular complexity index is 865. The summed E-state index contributed by atoms with van der Waals surface area (Å²) in [5, 5.41) is 2.69. The van der Waals surface area contributed by atoms with Crippen molar-refractivity contribution >= 4 is 22.8 Å². The monoisotopic (exact) mass is 296 g/mol. The number of nitrogens with zero attached hydrogens (tertiary/aromatic N) is 3. The maximum atomic E-state index is 12.4. The fraction of sp³-hybridized carbons (Fsp3) is 0.188. The summed E-state index contributed by atoms with van der Waals surface area (Å²) in [6.07, 6.45) is 1.60. The topological polar surface area (TPSA) is 68.9 Å². The van der Waals surface area contributed by atoms with Crippen LogP contribution in [0.15, 0.2) is 53.5 Å². The molecule has 0 atom stereocenters. The van der Waals surface area contributed by atoms with Crippen molar-refractivity contribution in [1.82, 2.24) is 14.1 Å². The Balaban J connectivity index is 1.92. The van der Waals surface area contributed by atoms with Crippen molar-refractivity contribution in [3.8, 4) is 0 Å². The normalized spacial score (nSPS) is 10.8. The average Bonchev–Trinajstić information content (AvgIpc) is 2.80. The number of amides is 1. The number of para-hydroxylation sites is 2. The highest BCUT2D eigenvalue weighted by Gasteiger charge is 2.14. The fourth-order valence-electron chi connectivity index (χ4n) is 2.49. The summed E-state index contributed by atoms with van der Waals surface area (Å²) in [5.41, 5.74) is 1.41. The smallest absolute Gasteiger partial charge is 0.309 e. The molecule has 3 aromatic rings. The molecule has 0 radical (unpaired) electrons. The van der Waals surface area contributed by atoms with Gasteiger partial charge in [0.05, 0.1) is 11.0 Å². The fourth-order valence-corrected chi connectivity index (χ4v) is 2.49. The summed E-state index contributed by atoms with van der Waals surface area (Å²) in [6.45, 7) is 2.43. The lowest BCUT2D eigenvalue weighted by Crippen LogP contribution is -2.29. The Kier molecular flexibility index (Phi) is 3.74. The second kappa shape index (κ2) is 5.85. The number of rotatable bonds is 4. The lowest BCUT2D eigenvalue weighted by Gasteiger charge is -2.05. The van der Waals surface area contributed by atoms with Crippen LogP contribution in [0.25, 0.3) is 11.0 Å². The molecule has 6 nitrogen and oxygen atoms in total. The molecule has 0 aliphatic rings. The number of imidazole rings is 1. The highest BCUT2D eigenvalue weighted by Crippen LogP contribution is 2.12. The summed E-state index contributed by atoms with van der Waals surface area (Å²) in [4.78, 5) is 28.6. The van der Waals surface area contributed by atoms with Gasteiger partial charge < -0.3 is 5.32 Å². The second-order valence-corrected chi connectivity index (χ2v) is 4.86. The molecular weight excluding hydrogens is 280 g/mol. The first-order valence-electron chi connectivity index (χ1n) is 7.09. The molecule has 2 heterocycles. The van der Waals surface area contributed by atoms with Gasteiger partial charge >= 0.3 is 5.69 Å². The van der Waals surface area contributed by atoms with E-state index in [0.29, 0.717) is 12.4 Å². The summed E-state index contributed by atoms with van der Waals surface area (Å²) in [6, 6.07) is 12.7. The second-order valence-electron chi connectivity index (χ2n) is 4.86. The van der Waals surface area contributed by atoms with Gasteiger partial charge in [0.2, 0.25) is 5.91 Å². The van der Waals surface area contributed by atoms with Gasteiger partial charge in [0, 0.05) is 12.7 Å². The molecule has 0 fully saturated rings. The molecule has 2 aromatic heterocycles. The molecule has 112 valence electrons. The number of carbonyl (C=O) groups excluding carboxylic acids is 1. The largest absolute Gasteiger partial charge is 0.329 e. The maximum Gasteiger partial charge on any atom is 0.329 e. The zero-order chi connectivity index (χ0) is 15.5. The lowest BCUT2D eigenvalue weighted by molar-refractivity contribution is -0.116. The number of fused-ring (bicyclic) bond motifs is 1. The summed E-state index contributed by atoms with van der Waals surface area (Å²) in [5.74, 6) is 0.194. The van der Waals surface area contributed by atoms with Crippen LogP contribution in [0.5, 0.6) is 0 Å². The van der Waals surface area contributed by atoms with Gasteiger partial charge in [-0.15, -0.1) is 0 Å². The minimum atomic E-state index is -0.278. The van der Waals surface area contributed by atoms with Gasteiger partial charge in [-0.05, 0) is 31.2 Å². The van der Waals surface area contributed by atoms with Crippen molar-refractivity contribution in [2.24, 2.45) is 0 Å². The number of pyridine rings is 1. The van der Waals surface area contributed by atoms with Crippen LogP contribution in [0.1, 0.15) is 6.92 Å². The molecule has 22 heavy (non-hydrogen) atoms. The summed E-state index contributed by atoms with van der Waals surface area (Å²) in [7, 11) is 0. The highest BCUT2D eigenvalue weighted by atomic mass is 16.2. The Labute approximate surface area is 127 Å². The molecule has 0 bridgehead atoms. The van der Waals surface area contributed by atoms with E-state index in [0.717, 1.165) is 11.0 Å². The molecule has 0 unspecified atom stereocenters. The summed E-state index contributed by atoms with van der Waals surface area (Å²) < 4.78 is 3.14. The summed E-state index contributed by atoms with van der Waals surface area (Å²) >= 11 is 0. The van der Waals surface area contributed by atoms with Crippen LogP contribution >= 0.6 is 0 Å². The molecular formula is C16H16N4O2. The van der Waals surface area contributed by atoms with Crippen molar-refractivity contribution in [3.63, 3.8) is 0 Å². The molecule has 0 aliphatic heterocycles. The van der Waals surface area contributed by atoms with Gasteiger partial charge in [0.25, 0.3) is 0 Å². The Morgan fingerprint density at radius 2 is 1.77 bits per heavy atom. The van der Waals surface area contributed by atoms with E-state index in [4.69, 9.17) is 0 Å². The van der Waals surface area contributed by atoms with Crippen molar-refractivity contribution in [2.75, 3.05) is 5.32 Å². The number of benzene rings is 1. The Morgan fingerprint density at radius 3 is 2.41 bits per heavy atom. The number of hydrogen-bond acceptors (Lipinski definition) is 3. The van der Waals surface area contributed by atoms with Crippen LogP contribution in [0.3, 0.4) is 0 Å². The predicted molar refractivity (Wildman–Crippen MR) is 84.7 cm³/mol. The molecule has 0 saturated carbocycles. The molecule has 0 spiro atoms. The molecule has 0 saturated heterocycles. The third-order valence-electron chi connectivity index (χ3n) is 3.48. The lowest BCUT2D eigenvalue weighted by atomic mass is 10.3. The molecule has 1 aromatic carbocycles. The van der Waals surface area contributed by atoms with Crippen molar-refractivity contribution in [3.05, 3.63) is 59.1 Å². The minimum absolute atomic E-state index is 0.0388. The number of anilines is 1. The number of aromatic nitrogens is 3. The van der Waals surface area contributed by atoms with Crippen LogP contribution in [0, 0.1) is 0 Å². The quantitative estimate of drug-likeness (QED) is 0.799. The average molecular weight is 296 g/mol. The SMILES string of the molecule is CCn1c(=O)n(CC(=O)Nc2ccccn2)c2ccccc21. The van der Waals surface area contributed by atoms with Gasteiger partial charge in [0.15, 0.2) is 0 Å². The first-order chi connectivity index (χ1) is 10.7. The molecule has 6 heteroatoms. The predicted octanol–water partition coefficient (Wildman–Crippen LogP) is 1.86. The minimum Gasteiger partial charge on any atom is -0.309 e. The van der Waals surface area contributed by atoms with Crippen LogP contribution in [-0.2, 0) is 17.9 Å². The number of carbonyl (C=O) groups is 1. The van der Waals surface area contributed by atoms with Gasteiger partial charge in [-0.2, -0.15) is 0 Å². The standard InChI is InChI=1S/C16H16N4O2/c1-2-19-12-7-3-4-8-13(12)20(16(19)22)11-15(21)18-14-9-5-6-10-17-14/h3-10H,2,11H2,1H3,(H,17,18,21). The Hall–Kier alpha value is -2.89. The van der Waals surface area contributed by atoms with Crippen LogP contribution in [-0.4, -0.2) is 20.0 Å². The molecule has 3 rings (SSSR count). The van der Waals surface area contributed by atoms with Crippen LogP contribution < -0.4 is 11.0 Å². The first kappa shape index (κ1) is 14.1. The Morgan fingerprint density at radius 1 is 1.09 bits per heavy atom. The third-order valence-corrected chi connectivity index (χ3v) is 3.48. The van der Waals surface area contributed by atoms with Crippen LogP contribution in [0.2, 0.25) is 0 Å². The third kappa shape index (κ3) is 2.50. The van der Waals surface area contributed by atoms with E-state index >= 15 is 0 Å². The van der Waals surface area contributed by atoms with E-state index < -0.39 is 0 Å². The van der Waals surface area contributed by atoms with Gasteiger partial charge in [-0.1, -0.05) is 18.2 Å². The molecule has 0 aliphatic carbocycles. The highest BCUT2D eigenvalue weighted by molar-refractivity contribution is 5.90. The van der Waals surface area contributed by atoms with Gasteiger partial charge in [0.1, 0.15) is 12.4 Å². The van der Waals surface area contributed by atoms with E-state index in [1.807, 2.05) is 31.2 Å². The zero-order valence-electron chi connectivity index (χ0n) is 12.2. The maximum absolute atomic E-state index is 12.4. The molecule has 1 amide bonds. The number of hydrogen-bond donors (Lipinski definition) is 1. The van der Waals surface area contributed by atoms with E-state index in [1.54, 1.807) is 29.0 Å². The van der Waals surface area contributed by atoms with Crippen molar-refractivity contribution < 1.29 is 4.79 Å². The van der Waals surface area contributed by atoms with Crippen LogP contribution in [0.4, 0.5) is 5.82 Å². The zero-order valence-corrected chi connectivity index (χ0v) is 12.2. The van der Waals surface area contributed by atoms with Crippen molar-refractivity contribution in [1.29, 1.82) is 0 Å². The molecule has 1 N–H and O–H groups in total. The van der Waals surface area contributed by atoms with E-state index in [2.05, 4.69) is 10.3 Å². The van der Waals surface area contributed by atoms with E-state index in [9.17, 15) is 9.59 Å². The van der Waals surface area contributed by atoms with Crippen molar-refractivity contribution in [2.45, 2.75) is 20.0 Å².